The maximum absolute atomic E-state index is 13.2. The molecule has 1 heterocycles. The molecule has 2 N–H and O–H groups in total. The summed E-state index contributed by atoms with van der Waals surface area (Å²) in [4.78, 5) is 26.6. The average Bonchev–Trinajstić information content (AvgIpc) is 2.70. The van der Waals surface area contributed by atoms with Crippen LogP contribution in [0.25, 0.3) is 0 Å². The first kappa shape index (κ1) is 21.3. The van der Waals surface area contributed by atoms with Crippen LogP contribution >= 0.6 is 0 Å². The molecular formula is C20H30FN3O3. The van der Waals surface area contributed by atoms with Crippen LogP contribution in [0.2, 0.25) is 0 Å². The summed E-state index contributed by atoms with van der Waals surface area (Å²) in [5.74, 6) is -0.700. The topological polar surface area (TPSA) is 70.7 Å². The SMILES string of the molecule is CCC(CC)C(CNC(=O)CNC(=O)c1cccc(F)c1)N1CCOCC1. The minimum atomic E-state index is -0.481. The van der Waals surface area contributed by atoms with Gasteiger partial charge in [0.25, 0.3) is 5.91 Å². The van der Waals surface area contributed by atoms with E-state index in [0.29, 0.717) is 25.7 Å². The highest BCUT2D eigenvalue weighted by Crippen LogP contribution is 2.19. The van der Waals surface area contributed by atoms with Crippen LogP contribution in [-0.2, 0) is 9.53 Å². The lowest BCUT2D eigenvalue weighted by molar-refractivity contribution is -0.120. The molecule has 1 aliphatic heterocycles. The Labute approximate surface area is 160 Å². The Morgan fingerprint density at radius 1 is 1.19 bits per heavy atom. The van der Waals surface area contributed by atoms with E-state index < -0.39 is 11.7 Å². The predicted octanol–water partition coefficient (Wildman–Crippen LogP) is 1.81. The number of benzene rings is 1. The van der Waals surface area contributed by atoms with E-state index >= 15 is 0 Å². The van der Waals surface area contributed by atoms with E-state index in [1.165, 1.54) is 18.2 Å². The summed E-state index contributed by atoms with van der Waals surface area (Å²) in [5, 5.41) is 5.47. The molecule has 1 aliphatic rings. The second-order valence-corrected chi connectivity index (χ2v) is 6.79. The average molecular weight is 379 g/mol. The van der Waals surface area contributed by atoms with Crippen LogP contribution in [-0.4, -0.2) is 62.1 Å². The third kappa shape index (κ3) is 6.59. The molecule has 0 aliphatic carbocycles. The fourth-order valence-corrected chi connectivity index (χ4v) is 3.51. The molecule has 0 spiro atoms. The zero-order valence-electron chi connectivity index (χ0n) is 16.2. The Hall–Kier alpha value is -1.99. The summed E-state index contributed by atoms with van der Waals surface area (Å²) >= 11 is 0. The van der Waals surface area contributed by atoms with Crippen LogP contribution in [0.3, 0.4) is 0 Å². The molecule has 1 saturated heterocycles. The monoisotopic (exact) mass is 379 g/mol. The number of hydrogen-bond acceptors (Lipinski definition) is 4. The largest absolute Gasteiger partial charge is 0.379 e. The van der Waals surface area contributed by atoms with E-state index in [2.05, 4.69) is 29.4 Å². The van der Waals surface area contributed by atoms with Crippen LogP contribution in [0.1, 0.15) is 37.0 Å². The lowest BCUT2D eigenvalue weighted by Crippen LogP contribution is -2.52. The van der Waals surface area contributed by atoms with Crippen LogP contribution < -0.4 is 10.6 Å². The third-order valence-corrected chi connectivity index (χ3v) is 5.11. The van der Waals surface area contributed by atoms with Gasteiger partial charge in [0.15, 0.2) is 0 Å². The van der Waals surface area contributed by atoms with Gasteiger partial charge in [-0.1, -0.05) is 32.8 Å². The second kappa shape index (κ2) is 11.0. The standard InChI is InChI=1S/C20H30FN3O3/c1-3-15(4-2)18(24-8-10-27-11-9-24)13-22-19(25)14-23-20(26)16-6-5-7-17(21)12-16/h5-7,12,15,18H,3-4,8-11,13-14H2,1-2H3,(H,22,25)(H,23,26). The van der Waals surface area contributed by atoms with Gasteiger partial charge in [-0.25, -0.2) is 4.39 Å². The van der Waals surface area contributed by atoms with Crippen molar-refractivity contribution < 1.29 is 18.7 Å². The Morgan fingerprint density at radius 2 is 1.89 bits per heavy atom. The van der Waals surface area contributed by atoms with Crippen molar-refractivity contribution in [2.75, 3.05) is 39.4 Å². The fourth-order valence-electron chi connectivity index (χ4n) is 3.51. The van der Waals surface area contributed by atoms with Gasteiger partial charge >= 0.3 is 0 Å². The molecule has 2 rings (SSSR count). The molecule has 0 saturated carbocycles. The maximum Gasteiger partial charge on any atom is 0.251 e. The molecule has 0 aromatic heterocycles. The van der Waals surface area contributed by atoms with Crippen molar-refractivity contribution in [1.82, 2.24) is 15.5 Å². The summed E-state index contributed by atoms with van der Waals surface area (Å²) < 4.78 is 18.6. The number of ether oxygens (including phenoxy) is 1. The van der Waals surface area contributed by atoms with Crippen LogP contribution in [0.15, 0.2) is 24.3 Å². The van der Waals surface area contributed by atoms with Gasteiger partial charge in [0, 0.05) is 31.2 Å². The Balaban J connectivity index is 1.84. The van der Waals surface area contributed by atoms with Gasteiger partial charge in [-0.3, -0.25) is 14.5 Å². The zero-order valence-corrected chi connectivity index (χ0v) is 16.2. The molecule has 6 nitrogen and oxygen atoms in total. The normalized spacial score (nSPS) is 16.1. The van der Waals surface area contributed by atoms with Crippen molar-refractivity contribution in [3.63, 3.8) is 0 Å². The van der Waals surface area contributed by atoms with E-state index in [0.717, 1.165) is 32.0 Å². The van der Waals surface area contributed by atoms with E-state index in [-0.39, 0.29) is 24.1 Å². The van der Waals surface area contributed by atoms with Gasteiger partial charge in [0.2, 0.25) is 5.91 Å². The van der Waals surface area contributed by atoms with Gasteiger partial charge in [0.05, 0.1) is 19.8 Å². The Morgan fingerprint density at radius 3 is 2.52 bits per heavy atom. The van der Waals surface area contributed by atoms with Crippen molar-refractivity contribution >= 4 is 11.8 Å². The number of amides is 2. The van der Waals surface area contributed by atoms with Gasteiger partial charge in [-0.2, -0.15) is 0 Å². The van der Waals surface area contributed by atoms with Gasteiger partial charge < -0.3 is 15.4 Å². The number of halogens is 1. The molecule has 1 aromatic rings. The summed E-state index contributed by atoms with van der Waals surface area (Å²) in [6.45, 7) is 7.92. The molecule has 1 fully saturated rings. The highest BCUT2D eigenvalue weighted by Gasteiger charge is 2.27. The van der Waals surface area contributed by atoms with Crippen LogP contribution in [0.4, 0.5) is 4.39 Å². The molecule has 1 unspecified atom stereocenters. The Bertz CT molecular complexity index is 616. The first-order valence-corrected chi connectivity index (χ1v) is 9.67. The molecule has 1 atom stereocenters. The molecule has 27 heavy (non-hydrogen) atoms. The third-order valence-electron chi connectivity index (χ3n) is 5.11. The quantitative estimate of drug-likeness (QED) is 0.687. The summed E-state index contributed by atoms with van der Waals surface area (Å²) in [6.07, 6.45) is 2.09. The van der Waals surface area contributed by atoms with Crippen molar-refractivity contribution in [1.29, 1.82) is 0 Å². The minimum Gasteiger partial charge on any atom is -0.379 e. The lowest BCUT2D eigenvalue weighted by Gasteiger charge is -2.38. The summed E-state index contributed by atoms with van der Waals surface area (Å²) in [7, 11) is 0. The molecule has 0 radical (unpaired) electrons. The van der Waals surface area contributed by atoms with E-state index in [9.17, 15) is 14.0 Å². The predicted molar refractivity (Wildman–Crippen MR) is 102 cm³/mol. The van der Waals surface area contributed by atoms with Gasteiger partial charge in [-0.15, -0.1) is 0 Å². The second-order valence-electron chi connectivity index (χ2n) is 6.79. The smallest absolute Gasteiger partial charge is 0.251 e. The van der Waals surface area contributed by atoms with Gasteiger partial charge in [-0.05, 0) is 24.1 Å². The number of morpholine rings is 1. The van der Waals surface area contributed by atoms with E-state index in [1.807, 2.05) is 0 Å². The van der Waals surface area contributed by atoms with Crippen LogP contribution in [0, 0.1) is 11.7 Å². The zero-order chi connectivity index (χ0) is 19.6. The fraction of sp³-hybridized carbons (Fsp3) is 0.600. The van der Waals surface area contributed by atoms with Crippen molar-refractivity contribution in [3.8, 4) is 0 Å². The highest BCUT2D eigenvalue weighted by molar-refractivity contribution is 5.96. The van der Waals surface area contributed by atoms with Crippen molar-refractivity contribution in [3.05, 3.63) is 35.6 Å². The maximum atomic E-state index is 13.2. The molecule has 1 aromatic carbocycles. The number of nitrogens with one attached hydrogen (secondary N) is 2. The molecule has 7 heteroatoms. The van der Waals surface area contributed by atoms with Crippen molar-refractivity contribution in [2.45, 2.75) is 32.7 Å². The van der Waals surface area contributed by atoms with Crippen molar-refractivity contribution in [2.24, 2.45) is 5.92 Å². The van der Waals surface area contributed by atoms with E-state index in [4.69, 9.17) is 4.74 Å². The number of hydrogen-bond donors (Lipinski definition) is 2. The van der Waals surface area contributed by atoms with Gasteiger partial charge in [0.1, 0.15) is 5.82 Å². The summed E-state index contributed by atoms with van der Waals surface area (Å²) in [5.41, 5.74) is 0.200. The lowest BCUT2D eigenvalue weighted by atomic mass is 9.92. The molecular weight excluding hydrogens is 349 g/mol. The number of rotatable bonds is 9. The first-order chi connectivity index (χ1) is 13.0. The Kier molecular flexibility index (Phi) is 8.67. The number of carbonyl (C=O) groups is 2. The molecule has 2 amide bonds. The van der Waals surface area contributed by atoms with Crippen LogP contribution in [0.5, 0.6) is 0 Å². The number of carbonyl (C=O) groups excluding carboxylic acids is 2. The summed E-state index contributed by atoms with van der Waals surface area (Å²) in [6, 6.07) is 5.65. The minimum absolute atomic E-state index is 0.131. The molecule has 0 bridgehead atoms. The first-order valence-electron chi connectivity index (χ1n) is 9.67. The van der Waals surface area contributed by atoms with E-state index in [1.54, 1.807) is 0 Å². The highest BCUT2D eigenvalue weighted by atomic mass is 19.1. The number of nitrogens with zero attached hydrogens (tertiary/aromatic N) is 1. The molecule has 150 valence electrons.